The Hall–Kier alpha value is -2.59. The molecule has 1 aromatic heterocycles. The average Bonchev–Trinajstić information content (AvgIpc) is 3.13. The lowest BCUT2D eigenvalue weighted by atomic mass is 9.98. The lowest BCUT2D eigenvalue weighted by Crippen LogP contribution is -2.57. The van der Waals surface area contributed by atoms with Gasteiger partial charge in [-0.15, -0.1) is 0 Å². The number of amides is 1. The van der Waals surface area contributed by atoms with Gasteiger partial charge >= 0.3 is 5.69 Å². The first kappa shape index (κ1) is 22.1. The number of tetrazole rings is 1. The van der Waals surface area contributed by atoms with Gasteiger partial charge in [0, 0.05) is 39.7 Å². The van der Waals surface area contributed by atoms with E-state index in [9.17, 15) is 14.0 Å². The summed E-state index contributed by atoms with van der Waals surface area (Å²) in [4.78, 5) is 28.5. The van der Waals surface area contributed by atoms with Crippen molar-refractivity contribution in [2.24, 2.45) is 0 Å². The summed E-state index contributed by atoms with van der Waals surface area (Å²) in [5, 5.41) is 7.73. The van der Waals surface area contributed by atoms with E-state index in [1.54, 1.807) is 37.1 Å². The quantitative estimate of drug-likeness (QED) is 0.637. The zero-order chi connectivity index (χ0) is 21.7. The van der Waals surface area contributed by atoms with Gasteiger partial charge in [-0.2, -0.15) is 9.36 Å². The third-order valence-corrected chi connectivity index (χ3v) is 5.55. The molecule has 1 fully saturated rings. The summed E-state index contributed by atoms with van der Waals surface area (Å²) in [5.41, 5.74) is 0.0579. The number of rotatable bonds is 8. The van der Waals surface area contributed by atoms with Crippen LogP contribution in [0, 0.1) is 5.82 Å². The molecule has 1 aliphatic rings. The number of para-hydroxylation sites is 1. The minimum absolute atomic E-state index is 0.136. The van der Waals surface area contributed by atoms with Crippen molar-refractivity contribution in [2.75, 3.05) is 31.6 Å². The number of benzene rings is 1. The Morgan fingerprint density at radius 2 is 1.97 bits per heavy atom. The Morgan fingerprint density at radius 1 is 1.23 bits per heavy atom. The van der Waals surface area contributed by atoms with E-state index in [1.807, 2.05) is 6.92 Å². The van der Waals surface area contributed by atoms with Gasteiger partial charge in [-0.05, 0) is 35.9 Å². The smallest absolute Gasteiger partial charge is 0.363 e. The molecule has 30 heavy (non-hydrogen) atoms. The van der Waals surface area contributed by atoms with E-state index in [1.165, 1.54) is 15.4 Å². The summed E-state index contributed by atoms with van der Waals surface area (Å²) in [6.45, 7) is 6.39. The van der Waals surface area contributed by atoms with Crippen LogP contribution in [0.15, 0.2) is 29.1 Å². The van der Waals surface area contributed by atoms with Crippen LogP contribution in [0.2, 0.25) is 0 Å². The SMILES string of the molecule is CCC(=O)N(c1ccccc1F)[C@@H]1CCN(CCn2nnn(CC)c2=O)C[C@@H]1OC. The molecule has 0 radical (unpaired) electrons. The Balaban J connectivity index is 1.72. The molecule has 0 unspecified atom stereocenters. The molecule has 10 heteroatoms. The number of ether oxygens (including phenoxy) is 1. The number of piperidine rings is 1. The number of hydrogen-bond acceptors (Lipinski definition) is 6. The highest BCUT2D eigenvalue weighted by atomic mass is 19.1. The topological polar surface area (TPSA) is 85.5 Å². The molecule has 1 aliphatic heterocycles. The maximum atomic E-state index is 14.5. The lowest BCUT2D eigenvalue weighted by Gasteiger charge is -2.43. The molecule has 0 saturated carbocycles. The molecule has 2 atom stereocenters. The summed E-state index contributed by atoms with van der Waals surface area (Å²) >= 11 is 0. The van der Waals surface area contributed by atoms with Crippen LogP contribution in [0.25, 0.3) is 0 Å². The summed E-state index contributed by atoms with van der Waals surface area (Å²) in [6.07, 6.45) is 0.632. The number of halogens is 1. The van der Waals surface area contributed by atoms with Crippen molar-refractivity contribution in [1.82, 2.24) is 24.7 Å². The molecular formula is C20H29FN6O3. The number of carbonyl (C=O) groups excluding carboxylic acids is 1. The number of likely N-dealkylation sites (tertiary alicyclic amines) is 1. The van der Waals surface area contributed by atoms with Crippen molar-refractivity contribution in [3.05, 3.63) is 40.6 Å². The predicted molar refractivity (Wildman–Crippen MR) is 110 cm³/mol. The van der Waals surface area contributed by atoms with E-state index in [-0.39, 0.29) is 35.9 Å². The highest BCUT2D eigenvalue weighted by molar-refractivity contribution is 5.94. The van der Waals surface area contributed by atoms with Crippen LogP contribution in [-0.4, -0.2) is 69.5 Å². The molecule has 3 rings (SSSR count). The molecule has 0 aliphatic carbocycles. The molecule has 164 valence electrons. The molecular weight excluding hydrogens is 391 g/mol. The van der Waals surface area contributed by atoms with Gasteiger partial charge in [-0.3, -0.25) is 9.69 Å². The van der Waals surface area contributed by atoms with Crippen LogP contribution in [-0.2, 0) is 22.6 Å². The first-order valence-electron chi connectivity index (χ1n) is 10.3. The van der Waals surface area contributed by atoms with Crippen LogP contribution in [0.5, 0.6) is 0 Å². The monoisotopic (exact) mass is 420 g/mol. The normalized spacial score (nSPS) is 19.7. The van der Waals surface area contributed by atoms with Crippen molar-refractivity contribution >= 4 is 11.6 Å². The predicted octanol–water partition coefficient (Wildman–Crippen LogP) is 1.13. The van der Waals surface area contributed by atoms with Crippen molar-refractivity contribution in [3.63, 3.8) is 0 Å². The van der Waals surface area contributed by atoms with Crippen molar-refractivity contribution in [2.45, 2.75) is 51.9 Å². The molecule has 0 bridgehead atoms. The van der Waals surface area contributed by atoms with Gasteiger partial charge in [0.05, 0.1) is 24.4 Å². The van der Waals surface area contributed by atoms with Crippen molar-refractivity contribution in [3.8, 4) is 0 Å². The molecule has 1 aromatic carbocycles. The number of hydrogen-bond donors (Lipinski definition) is 0. The fraction of sp³-hybridized carbons (Fsp3) is 0.600. The van der Waals surface area contributed by atoms with E-state index >= 15 is 0 Å². The standard InChI is InChI=1S/C20H29FN6O3/c1-4-19(28)27(16-9-7-6-8-15(16)21)17-10-11-24(14-18(17)30-3)12-13-26-20(29)25(5-2)22-23-26/h6-9,17-18H,4-5,10-14H2,1-3H3/t17-,18+/m1/s1. The fourth-order valence-corrected chi connectivity index (χ4v) is 3.89. The Labute approximate surface area is 175 Å². The Morgan fingerprint density at radius 3 is 2.60 bits per heavy atom. The minimum Gasteiger partial charge on any atom is -0.378 e. The van der Waals surface area contributed by atoms with Gasteiger partial charge in [-0.1, -0.05) is 19.1 Å². The molecule has 1 saturated heterocycles. The second-order valence-electron chi connectivity index (χ2n) is 7.30. The number of aromatic nitrogens is 4. The highest BCUT2D eigenvalue weighted by Gasteiger charge is 2.37. The lowest BCUT2D eigenvalue weighted by molar-refractivity contribution is -0.120. The van der Waals surface area contributed by atoms with Crippen LogP contribution in [0.3, 0.4) is 0 Å². The summed E-state index contributed by atoms with van der Waals surface area (Å²) in [7, 11) is 1.61. The molecule has 2 aromatic rings. The van der Waals surface area contributed by atoms with E-state index in [2.05, 4.69) is 15.3 Å². The second-order valence-corrected chi connectivity index (χ2v) is 7.30. The second kappa shape index (κ2) is 9.94. The number of anilines is 1. The van der Waals surface area contributed by atoms with Gasteiger partial charge < -0.3 is 9.64 Å². The zero-order valence-electron chi connectivity index (χ0n) is 17.7. The third-order valence-electron chi connectivity index (χ3n) is 5.55. The first-order valence-corrected chi connectivity index (χ1v) is 10.3. The summed E-state index contributed by atoms with van der Waals surface area (Å²) in [6, 6.07) is 6.07. The highest BCUT2D eigenvalue weighted by Crippen LogP contribution is 2.28. The molecule has 2 heterocycles. The Bertz CT molecular complexity index is 914. The number of aryl methyl sites for hydroxylation is 1. The van der Waals surface area contributed by atoms with E-state index in [4.69, 9.17) is 4.74 Å². The first-order chi connectivity index (χ1) is 14.5. The summed E-state index contributed by atoms with van der Waals surface area (Å²) in [5.74, 6) is -0.557. The van der Waals surface area contributed by atoms with Crippen LogP contribution < -0.4 is 10.6 Å². The fourth-order valence-electron chi connectivity index (χ4n) is 3.89. The maximum absolute atomic E-state index is 14.5. The average molecular weight is 420 g/mol. The van der Waals surface area contributed by atoms with E-state index in [0.717, 1.165) is 0 Å². The molecule has 1 amide bonds. The van der Waals surface area contributed by atoms with Gasteiger partial charge in [0.2, 0.25) is 5.91 Å². The van der Waals surface area contributed by atoms with Crippen molar-refractivity contribution in [1.29, 1.82) is 0 Å². The van der Waals surface area contributed by atoms with Gasteiger partial charge in [0.25, 0.3) is 0 Å². The van der Waals surface area contributed by atoms with Gasteiger partial charge in [0.1, 0.15) is 5.82 Å². The summed E-state index contributed by atoms with van der Waals surface area (Å²) < 4.78 is 22.9. The molecule has 0 N–H and O–H groups in total. The largest absolute Gasteiger partial charge is 0.378 e. The Kier molecular flexibility index (Phi) is 7.33. The van der Waals surface area contributed by atoms with Crippen molar-refractivity contribution < 1.29 is 13.9 Å². The van der Waals surface area contributed by atoms with Gasteiger partial charge in [0.15, 0.2) is 0 Å². The van der Waals surface area contributed by atoms with E-state index in [0.29, 0.717) is 39.1 Å². The molecule has 0 spiro atoms. The van der Waals surface area contributed by atoms with Crippen LogP contribution in [0.1, 0.15) is 26.7 Å². The van der Waals surface area contributed by atoms with E-state index < -0.39 is 5.82 Å². The third kappa shape index (κ3) is 4.59. The minimum atomic E-state index is -0.421. The number of methoxy groups -OCH3 is 1. The number of nitrogens with zero attached hydrogens (tertiary/aromatic N) is 6. The number of carbonyl (C=O) groups is 1. The van der Waals surface area contributed by atoms with Crippen LogP contribution >= 0.6 is 0 Å². The van der Waals surface area contributed by atoms with Gasteiger partial charge in [-0.25, -0.2) is 9.18 Å². The zero-order valence-corrected chi connectivity index (χ0v) is 17.7. The van der Waals surface area contributed by atoms with Crippen LogP contribution in [0.4, 0.5) is 10.1 Å². The maximum Gasteiger partial charge on any atom is 0.363 e. The molecule has 9 nitrogen and oxygen atoms in total.